The molecule has 2 rings (SSSR count). The minimum Gasteiger partial charge on any atom is -0.467 e. The number of methoxy groups -OCH3 is 1. The Bertz CT molecular complexity index is 533. The molecule has 0 spiro atoms. The molecule has 1 amide bonds. The summed E-state index contributed by atoms with van der Waals surface area (Å²) < 4.78 is 4.78. The number of esters is 1. The maximum Gasteiger partial charge on any atom is 0.333 e. The average molecular weight is 325 g/mol. The smallest absolute Gasteiger partial charge is 0.333 e. The van der Waals surface area contributed by atoms with E-state index >= 15 is 0 Å². The van der Waals surface area contributed by atoms with Crippen molar-refractivity contribution < 1.29 is 14.3 Å². The van der Waals surface area contributed by atoms with E-state index in [2.05, 4.69) is 5.32 Å². The zero-order chi connectivity index (χ0) is 16.1. The van der Waals surface area contributed by atoms with Crippen LogP contribution >= 0.6 is 11.6 Å². The minimum atomic E-state index is -0.826. The van der Waals surface area contributed by atoms with E-state index in [1.807, 2.05) is 0 Å². The predicted molar refractivity (Wildman–Crippen MR) is 84.3 cm³/mol. The van der Waals surface area contributed by atoms with Gasteiger partial charge in [-0.25, -0.2) is 4.79 Å². The molecule has 0 saturated heterocycles. The Morgan fingerprint density at radius 2 is 2.05 bits per heavy atom. The minimum absolute atomic E-state index is 0.0675. The fourth-order valence-electron chi connectivity index (χ4n) is 2.83. The lowest BCUT2D eigenvalue weighted by Crippen LogP contribution is -2.37. The van der Waals surface area contributed by atoms with Crippen LogP contribution in [0.4, 0.5) is 0 Å². The first-order valence-corrected chi connectivity index (χ1v) is 7.77. The molecule has 0 heterocycles. The molecule has 1 aromatic carbocycles. The SMILES string of the molecule is COC(=O)C(NC(=O)C[C@@H]1CCC[C@H]1N)c1ccc(Cl)cc1. The number of rotatable bonds is 5. The molecule has 1 fully saturated rings. The van der Waals surface area contributed by atoms with Gasteiger partial charge in [0.05, 0.1) is 7.11 Å². The molecule has 6 heteroatoms. The van der Waals surface area contributed by atoms with Crippen LogP contribution in [0.3, 0.4) is 0 Å². The van der Waals surface area contributed by atoms with Gasteiger partial charge in [-0.2, -0.15) is 0 Å². The van der Waals surface area contributed by atoms with Gasteiger partial charge >= 0.3 is 5.97 Å². The maximum absolute atomic E-state index is 12.2. The summed E-state index contributed by atoms with van der Waals surface area (Å²) in [5, 5.41) is 3.30. The highest BCUT2D eigenvalue weighted by Crippen LogP contribution is 2.27. The lowest BCUT2D eigenvalue weighted by Gasteiger charge is -2.19. The second kappa shape index (κ2) is 7.61. The van der Waals surface area contributed by atoms with E-state index in [0.717, 1.165) is 19.3 Å². The second-order valence-electron chi connectivity index (χ2n) is 5.63. The summed E-state index contributed by atoms with van der Waals surface area (Å²) in [5.74, 6) is -0.511. The predicted octanol–water partition coefficient (Wildman–Crippen LogP) is 2.19. The Morgan fingerprint density at radius 1 is 1.36 bits per heavy atom. The third-order valence-electron chi connectivity index (χ3n) is 4.11. The van der Waals surface area contributed by atoms with Crippen LogP contribution in [0.1, 0.15) is 37.3 Å². The standard InChI is InChI=1S/C16H21ClN2O3/c1-22-16(21)15(10-5-7-12(17)8-6-10)19-14(20)9-11-3-2-4-13(11)18/h5-8,11,13,15H,2-4,9,18H2,1H3,(H,19,20)/t11-,13+,15?/m0/s1. The van der Waals surface area contributed by atoms with Crippen molar-refractivity contribution in [2.45, 2.75) is 37.8 Å². The van der Waals surface area contributed by atoms with E-state index in [4.69, 9.17) is 22.1 Å². The highest BCUT2D eigenvalue weighted by Gasteiger charge is 2.29. The van der Waals surface area contributed by atoms with Crippen LogP contribution in [-0.2, 0) is 14.3 Å². The molecule has 1 saturated carbocycles. The van der Waals surface area contributed by atoms with E-state index in [0.29, 0.717) is 17.0 Å². The van der Waals surface area contributed by atoms with Crippen molar-refractivity contribution in [2.75, 3.05) is 7.11 Å². The number of halogens is 1. The molecule has 0 aliphatic heterocycles. The van der Waals surface area contributed by atoms with Crippen molar-refractivity contribution in [3.63, 3.8) is 0 Å². The summed E-state index contributed by atoms with van der Waals surface area (Å²) in [6.45, 7) is 0. The zero-order valence-corrected chi connectivity index (χ0v) is 13.3. The first-order valence-electron chi connectivity index (χ1n) is 7.39. The number of nitrogens with one attached hydrogen (secondary N) is 1. The number of nitrogens with two attached hydrogens (primary N) is 1. The van der Waals surface area contributed by atoms with Crippen molar-refractivity contribution in [3.8, 4) is 0 Å². The third-order valence-corrected chi connectivity index (χ3v) is 4.36. The first-order chi connectivity index (χ1) is 10.5. The van der Waals surface area contributed by atoms with Crippen molar-refractivity contribution in [2.24, 2.45) is 11.7 Å². The van der Waals surface area contributed by atoms with Crippen LogP contribution in [0, 0.1) is 5.92 Å². The number of hydrogen-bond donors (Lipinski definition) is 2. The fourth-order valence-corrected chi connectivity index (χ4v) is 2.95. The van der Waals surface area contributed by atoms with E-state index in [9.17, 15) is 9.59 Å². The van der Waals surface area contributed by atoms with Gasteiger partial charge in [0.2, 0.25) is 5.91 Å². The summed E-state index contributed by atoms with van der Waals surface area (Å²) in [6, 6.07) is 5.99. The molecule has 1 aliphatic carbocycles. The van der Waals surface area contributed by atoms with E-state index in [1.165, 1.54) is 7.11 Å². The van der Waals surface area contributed by atoms with Gasteiger partial charge in [-0.05, 0) is 36.5 Å². The quantitative estimate of drug-likeness (QED) is 0.813. The van der Waals surface area contributed by atoms with Gasteiger partial charge in [0, 0.05) is 17.5 Å². The van der Waals surface area contributed by atoms with Crippen LogP contribution in [-0.4, -0.2) is 25.0 Å². The molecule has 0 radical (unpaired) electrons. The van der Waals surface area contributed by atoms with Crippen LogP contribution in [0.2, 0.25) is 5.02 Å². The number of hydrogen-bond acceptors (Lipinski definition) is 4. The van der Waals surface area contributed by atoms with Crippen LogP contribution in [0.5, 0.6) is 0 Å². The molecule has 0 bridgehead atoms. The van der Waals surface area contributed by atoms with Crippen molar-refractivity contribution in [3.05, 3.63) is 34.9 Å². The Balaban J connectivity index is 2.04. The topological polar surface area (TPSA) is 81.4 Å². The van der Waals surface area contributed by atoms with Crippen LogP contribution in [0.25, 0.3) is 0 Å². The molecule has 3 N–H and O–H groups in total. The first kappa shape index (κ1) is 16.8. The van der Waals surface area contributed by atoms with Crippen LogP contribution < -0.4 is 11.1 Å². The number of ether oxygens (including phenoxy) is 1. The Labute approximate surface area is 135 Å². The number of carbonyl (C=O) groups is 2. The Kier molecular flexibility index (Phi) is 5.80. The average Bonchev–Trinajstić information content (AvgIpc) is 2.90. The lowest BCUT2D eigenvalue weighted by atomic mass is 9.99. The van der Waals surface area contributed by atoms with Gasteiger partial charge in [0.25, 0.3) is 0 Å². The lowest BCUT2D eigenvalue weighted by molar-refractivity contribution is -0.145. The van der Waals surface area contributed by atoms with Gasteiger partial charge in [0.15, 0.2) is 6.04 Å². The molecule has 1 aromatic rings. The highest BCUT2D eigenvalue weighted by molar-refractivity contribution is 6.30. The normalized spacial score (nSPS) is 22.1. The van der Waals surface area contributed by atoms with Gasteiger partial charge in [-0.15, -0.1) is 0 Å². The summed E-state index contributed by atoms with van der Waals surface area (Å²) in [7, 11) is 1.30. The largest absolute Gasteiger partial charge is 0.467 e. The molecule has 120 valence electrons. The summed E-state index contributed by atoms with van der Waals surface area (Å²) in [6.07, 6.45) is 3.30. The van der Waals surface area contributed by atoms with E-state index in [-0.39, 0.29) is 17.9 Å². The van der Waals surface area contributed by atoms with Crippen molar-refractivity contribution >= 4 is 23.5 Å². The maximum atomic E-state index is 12.2. The molecule has 1 aliphatic rings. The molecule has 0 aromatic heterocycles. The molecule has 5 nitrogen and oxygen atoms in total. The van der Waals surface area contributed by atoms with E-state index in [1.54, 1.807) is 24.3 Å². The summed E-state index contributed by atoms with van der Waals surface area (Å²) in [4.78, 5) is 24.2. The number of amides is 1. The van der Waals surface area contributed by atoms with Crippen LogP contribution in [0.15, 0.2) is 24.3 Å². The second-order valence-corrected chi connectivity index (χ2v) is 6.07. The molecule has 3 atom stereocenters. The van der Waals surface area contributed by atoms with E-state index < -0.39 is 12.0 Å². The monoisotopic (exact) mass is 324 g/mol. The van der Waals surface area contributed by atoms with Gasteiger partial charge < -0.3 is 15.8 Å². The van der Waals surface area contributed by atoms with Gasteiger partial charge in [0.1, 0.15) is 0 Å². The Hall–Kier alpha value is -1.59. The highest BCUT2D eigenvalue weighted by atomic mass is 35.5. The number of carbonyl (C=O) groups excluding carboxylic acids is 2. The Morgan fingerprint density at radius 3 is 2.59 bits per heavy atom. The summed E-state index contributed by atoms with van der Waals surface area (Å²) in [5.41, 5.74) is 6.62. The fraction of sp³-hybridized carbons (Fsp3) is 0.500. The van der Waals surface area contributed by atoms with Gasteiger partial charge in [-0.1, -0.05) is 30.2 Å². The molecule has 1 unspecified atom stereocenters. The zero-order valence-electron chi connectivity index (χ0n) is 12.5. The third kappa shape index (κ3) is 4.21. The molecular formula is C16H21ClN2O3. The van der Waals surface area contributed by atoms with Crippen molar-refractivity contribution in [1.29, 1.82) is 0 Å². The number of benzene rings is 1. The summed E-state index contributed by atoms with van der Waals surface area (Å²) >= 11 is 5.85. The van der Waals surface area contributed by atoms with Gasteiger partial charge in [-0.3, -0.25) is 4.79 Å². The molecule has 22 heavy (non-hydrogen) atoms. The van der Waals surface area contributed by atoms with Crippen molar-refractivity contribution in [1.82, 2.24) is 5.32 Å². The molecular weight excluding hydrogens is 304 g/mol.